The number of aryl methyl sites for hydroxylation is 1. The fraction of sp³-hybridized carbons (Fsp3) is 0.471. The standard InChI is InChI=1S/C17H20Cl2N4O/c1-3-23-17(11(2)22-9-5-8-16(22)24)20-15(21-23)10-12-13(18)6-4-7-14(12)19/h4,6-7,11H,3,5,8-10H2,1-2H3/t11-/m1/s1. The van der Waals surface area contributed by atoms with Gasteiger partial charge in [0.1, 0.15) is 5.82 Å². The molecule has 0 unspecified atom stereocenters. The van der Waals surface area contributed by atoms with Gasteiger partial charge in [0, 0.05) is 36.0 Å². The number of aromatic nitrogens is 3. The monoisotopic (exact) mass is 366 g/mol. The predicted octanol–water partition coefficient (Wildman–Crippen LogP) is 3.88. The van der Waals surface area contributed by atoms with Crippen molar-refractivity contribution in [2.45, 2.75) is 45.7 Å². The number of hydrogen-bond acceptors (Lipinski definition) is 3. The average Bonchev–Trinajstić information content (AvgIpc) is 3.16. The first-order valence-corrected chi connectivity index (χ1v) is 8.92. The number of carbonyl (C=O) groups excluding carboxylic acids is 1. The van der Waals surface area contributed by atoms with Crippen molar-refractivity contribution in [3.05, 3.63) is 45.5 Å². The maximum Gasteiger partial charge on any atom is 0.223 e. The fourth-order valence-corrected chi connectivity index (χ4v) is 3.63. The highest BCUT2D eigenvalue weighted by Gasteiger charge is 2.29. The zero-order chi connectivity index (χ0) is 17.3. The molecule has 0 bridgehead atoms. The molecule has 3 rings (SSSR count). The topological polar surface area (TPSA) is 51.0 Å². The van der Waals surface area contributed by atoms with E-state index >= 15 is 0 Å². The highest BCUT2D eigenvalue weighted by molar-refractivity contribution is 6.36. The molecule has 2 aromatic rings. The number of likely N-dealkylation sites (tertiary alicyclic amines) is 1. The van der Waals surface area contributed by atoms with Gasteiger partial charge in [-0.2, -0.15) is 5.10 Å². The summed E-state index contributed by atoms with van der Waals surface area (Å²) in [6.07, 6.45) is 2.00. The molecule has 2 heterocycles. The molecule has 1 atom stereocenters. The number of rotatable bonds is 5. The number of amides is 1. The summed E-state index contributed by atoms with van der Waals surface area (Å²) in [6.45, 7) is 5.50. The SMILES string of the molecule is CCn1nc(Cc2c(Cl)cccc2Cl)nc1[C@@H](C)N1CCCC1=O. The van der Waals surface area contributed by atoms with Crippen LogP contribution in [0.5, 0.6) is 0 Å². The van der Waals surface area contributed by atoms with E-state index in [9.17, 15) is 4.79 Å². The van der Waals surface area contributed by atoms with E-state index in [4.69, 9.17) is 23.2 Å². The normalized spacial score (nSPS) is 16.0. The molecule has 128 valence electrons. The lowest BCUT2D eigenvalue weighted by Gasteiger charge is -2.23. The Labute approximate surface area is 151 Å². The largest absolute Gasteiger partial charge is 0.333 e. The van der Waals surface area contributed by atoms with Crippen LogP contribution >= 0.6 is 23.2 Å². The Morgan fingerprint density at radius 3 is 2.58 bits per heavy atom. The van der Waals surface area contributed by atoms with Crippen molar-refractivity contribution in [3.8, 4) is 0 Å². The summed E-state index contributed by atoms with van der Waals surface area (Å²) in [4.78, 5) is 18.6. The van der Waals surface area contributed by atoms with E-state index in [0.29, 0.717) is 35.3 Å². The first-order chi connectivity index (χ1) is 11.5. The molecule has 0 spiro atoms. The van der Waals surface area contributed by atoms with E-state index < -0.39 is 0 Å². The molecule has 0 saturated carbocycles. The summed E-state index contributed by atoms with van der Waals surface area (Å²) in [5.74, 6) is 1.66. The fourth-order valence-electron chi connectivity index (χ4n) is 3.10. The molecule has 1 aliphatic heterocycles. The van der Waals surface area contributed by atoms with Gasteiger partial charge in [-0.3, -0.25) is 4.79 Å². The third-order valence-electron chi connectivity index (χ3n) is 4.39. The number of halogens is 2. The van der Waals surface area contributed by atoms with Gasteiger partial charge in [0.15, 0.2) is 5.82 Å². The zero-order valence-electron chi connectivity index (χ0n) is 13.8. The second kappa shape index (κ2) is 7.11. The van der Waals surface area contributed by atoms with Crippen molar-refractivity contribution < 1.29 is 4.79 Å². The van der Waals surface area contributed by atoms with Gasteiger partial charge in [0.05, 0.1) is 6.04 Å². The Morgan fingerprint density at radius 2 is 2.00 bits per heavy atom. The Bertz CT molecular complexity index is 739. The van der Waals surface area contributed by atoms with E-state index in [1.807, 2.05) is 41.6 Å². The lowest BCUT2D eigenvalue weighted by atomic mass is 10.1. The third kappa shape index (κ3) is 3.28. The predicted molar refractivity (Wildman–Crippen MR) is 94.3 cm³/mol. The summed E-state index contributed by atoms with van der Waals surface area (Å²) in [7, 11) is 0. The molecule has 7 heteroatoms. The molecule has 1 amide bonds. The van der Waals surface area contributed by atoms with Crippen molar-refractivity contribution in [2.24, 2.45) is 0 Å². The molecule has 1 aromatic carbocycles. The second-order valence-corrected chi connectivity index (χ2v) is 6.76. The van der Waals surface area contributed by atoms with Gasteiger partial charge in [-0.25, -0.2) is 9.67 Å². The van der Waals surface area contributed by atoms with Crippen LogP contribution in [-0.4, -0.2) is 32.1 Å². The summed E-state index contributed by atoms with van der Waals surface area (Å²) in [5, 5.41) is 5.80. The van der Waals surface area contributed by atoms with Gasteiger partial charge in [0.25, 0.3) is 0 Å². The lowest BCUT2D eigenvalue weighted by molar-refractivity contribution is -0.129. The van der Waals surface area contributed by atoms with Crippen LogP contribution in [0.2, 0.25) is 10.0 Å². The maximum atomic E-state index is 12.0. The van der Waals surface area contributed by atoms with Crippen molar-refractivity contribution >= 4 is 29.1 Å². The lowest BCUT2D eigenvalue weighted by Crippen LogP contribution is -2.30. The minimum atomic E-state index is -0.0806. The molecule has 1 fully saturated rings. The molecule has 24 heavy (non-hydrogen) atoms. The molecule has 0 aliphatic carbocycles. The molecule has 1 aliphatic rings. The van der Waals surface area contributed by atoms with Gasteiger partial charge in [0.2, 0.25) is 5.91 Å². The van der Waals surface area contributed by atoms with Crippen molar-refractivity contribution in [3.63, 3.8) is 0 Å². The van der Waals surface area contributed by atoms with Crippen LogP contribution in [0.1, 0.15) is 49.9 Å². The van der Waals surface area contributed by atoms with Crippen LogP contribution in [0.25, 0.3) is 0 Å². The summed E-state index contributed by atoms with van der Waals surface area (Å²) >= 11 is 12.5. The number of nitrogens with zero attached hydrogens (tertiary/aromatic N) is 4. The minimum Gasteiger partial charge on any atom is -0.333 e. The van der Waals surface area contributed by atoms with Crippen LogP contribution in [0.15, 0.2) is 18.2 Å². The Hall–Kier alpha value is -1.59. The smallest absolute Gasteiger partial charge is 0.223 e. The van der Waals surface area contributed by atoms with Gasteiger partial charge >= 0.3 is 0 Å². The van der Waals surface area contributed by atoms with E-state index in [-0.39, 0.29) is 11.9 Å². The van der Waals surface area contributed by atoms with E-state index in [1.54, 1.807) is 0 Å². The molecule has 0 radical (unpaired) electrons. The van der Waals surface area contributed by atoms with Gasteiger partial charge in [-0.05, 0) is 38.0 Å². The van der Waals surface area contributed by atoms with E-state index in [2.05, 4.69) is 10.1 Å². The van der Waals surface area contributed by atoms with Crippen LogP contribution in [0.3, 0.4) is 0 Å². The molecule has 5 nitrogen and oxygen atoms in total. The van der Waals surface area contributed by atoms with Crippen molar-refractivity contribution in [1.29, 1.82) is 0 Å². The molecule has 1 saturated heterocycles. The number of hydrogen-bond donors (Lipinski definition) is 0. The van der Waals surface area contributed by atoms with E-state index in [1.165, 1.54) is 0 Å². The second-order valence-electron chi connectivity index (χ2n) is 5.95. The summed E-state index contributed by atoms with van der Waals surface area (Å²) in [6, 6.07) is 5.36. The molecular formula is C17H20Cl2N4O. The van der Waals surface area contributed by atoms with Crippen molar-refractivity contribution in [1.82, 2.24) is 19.7 Å². The van der Waals surface area contributed by atoms with Crippen LogP contribution < -0.4 is 0 Å². The summed E-state index contributed by atoms with van der Waals surface area (Å²) < 4.78 is 1.86. The zero-order valence-corrected chi connectivity index (χ0v) is 15.3. The minimum absolute atomic E-state index is 0.0806. The van der Waals surface area contributed by atoms with Crippen LogP contribution in [0, 0.1) is 0 Å². The van der Waals surface area contributed by atoms with Crippen LogP contribution in [-0.2, 0) is 17.8 Å². The highest BCUT2D eigenvalue weighted by atomic mass is 35.5. The Morgan fingerprint density at radius 1 is 1.29 bits per heavy atom. The molecule has 0 N–H and O–H groups in total. The number of benzene rings is 1. The van der Waals surface area contributed by atoms with E-state index in [0.717, 1.165) is 24.4 Å². The van der Waals surface area contributed by atoms with Crippen LogP contribution in [0.4, 0.5) is 0 Å². The average molecular weight is 367 g/mol. The Balaban J connectivity index is 1.89. The van der Waals surface area contributed by atoms with Gasteiger partial charge < -0.3 is 4.90 Å². The van der Waals surface area contributed by atoms with Gasteiger partial charge in [-0.15, -0.1) is 0 Å². The first-order valence-electron chi connectivity index (χ1n) is 8.17. The third-order valence-corrected chi connectivity index (χ3v) is 5.10. The highest BCUT2D eigenvalue weighted by Crippen LogP contribution is 2.28. The molecular weight excluding hydrogens is 347 g/mol. The quantitative estimate of drug-likeness (QED) is 0.806. The molecule has 1 aromatic heterocycles. The first kappa shape index (κ1) is 17.2. The number of carbonyl (C=O) groups is 1. The van der Waals surface area contributed by atoms with Crippen molar-refractivity contribution in [2.75, 3.05) is 6.54 Å². The summed E-state index contributed by atoms with van der Waals surface area (Å²) in [5.41, 5.74) is 0.825. The van der Waals surface area contributed by atoms with Gasteiger partial charge in [-0.1, -0.05) is 29.3 Å². The Kier molecular flexibility index (Phi) is 5.11. The maximum absolute atomic E-state index is 12.0.